The van der Waals surface area contributed by atoms with Crippen molar-refractivity contribution >= 4 is 15.9 Å². The molecule has 18 heavy (non-hydrogen) atoms. The standard InChI is InChI=1S/C13H15BrN2O2/c1-13(2,3)12-16-15-11(18-12)8-17-10-7-5-4-6-9(10)14/h4-7H,8H2,1-3H3. The smallest absolute Gasteiger partial charge is 0.253 e. The molecule has 0 amide bonds. The molecule has 0 aliphatic rings. The summed E-state index contributed by atoms with van der Waals surface area (Å²) >= 11 is 3.42. The van der Waals surface area contributed by atoms with Crippen molar-refractivity contribution in [1.29, 1.82) is 0 Å². The van der Waals surface area contributed by atoms with Crippen molar-refractivity contribution in [3.05, 3.63) is 40.5 Å². The van der Waals surface area contributed by atoms with Gasteiger partial charge in [-0.05, 0) is 28.1 Å². The number of aromatic nitrogens is 2. The molecular weight excluding hydrogens is 296 g/mol. The van der Waals surface area contributed by atoms with Crippen LogP contribution in [0.3, 0.4) is 0 Å². The second-order valence-electron chi connectivity index (χ2n) is 4.97. The van der Waals surface area contributed by atoms with Crippen LogP contribution in [0.5, 0.6) is 5.75 Å². The Morgan fingerprint density at radius 1 is 1.22 bits per heavy atom. The minimum Gasteiger partial charge on any atom is -0.483 e. The van der Waals surface area contributed by atoms with Crippen LogP contribution in [0.4, 0.5) is 0 Å². The predicted octanol–water partition coefficient (Wildman–Crippen LogP) is 3.71. The highest BCUT2D eigenvalue weighted by molar-refractivity contribution is 9.10. The third-order valence-corrected chi connectivity index (χ3v) is 2.95. The van der Waals surface area contributed by atoms with E-state index in [1.165, 1.54) is 0 Å². The molecule has 1 aromatic heterocycles. The molecule has 1 heterocycles. The molecule has 0 spiro atoms. The summed E-state index contributed by atoms with van der Waals surface area (Å²) in [5.74, 6) is 1.86. The van der Waals surface area contributed by atoms with E-state index in [1.54, 1.807) is 0 Å². The van der Waals surface area contributed by atoms with Crippen LogP contribution in [-0.2, 0) is 12.0 Å². The average Bonchev–Trinajstić information content (AvgIpc) is 2.76. The number of halogens is 1. The number of hydrogen-bond donors (Lipinski definition) is 0. The Morgan fingerprint density at radius 2 is 1.94 bits per heavy atom. The second-order valence-corrected chi connectivity index (χ2v) is 5.82. The Labute approximate surface area is 114 Å². The maximum atomic E-state index is 5.61. The van der Waals surface area contributed by atoms with Crippen molar-refractivity contribution in [2.45, 2.75) is 32.8 Å². The number of ether oxygens (including phenoxy) is 1. The quantitative estimate of drug-likeness (QED) is 0.867. The van der Waals surface area contributed by atoms with Crippen molar-refractivity contribution in [1.82, 2.24) is 10.2 Å². The van der Waals surface area contributed by atoms with E-state index >= 15 is 0 Å². The lowest BCUT2D eigenvalue weighted by molar-refractivity contribution is 0.250. The largest absolute Gasteiger partial charge is 0.483 e. The van der Waals surface area contributed by atoms with Gasteiger partial charge in [-0.3, -0.25) is 0 Å². The van der Waals surface area contributed by atoms with Crippen molar-refractivity contribution in [2.75, 3.05) is 0 Å². The lowest BCUT2D eigenvalue weighted by atomic mass is 9.97. The van der Waals surface area contributed by atoms with Gasteiger partial charge in [0.2, 0.25) is 5.89 Å². The van der Waals surface area contributed by atoms with Gasteiger partial charge in [-0.2, -0.15) is 0 Å². The SMILES string of the molecule is CC(C)(C)c1nnc(COc2ccccc2Br)o1. The first-order valence-corrected chi connectivity index (χ1v) is 6.46. The van der Waals surface area contributed by atoms with E-state index in [4.69, 9.17) is 9.15 Å². The van der Waals surface area contributed by atoms with Crippen molar-refractivity contribution in [3.63, 3.8) is 0 Å². The highest BCUT2D eigenvalue weighted by Gasteiger charge is 2.21. The van der Waals surface area contributed by atoms with Crippen LogP contribution in [-0.4, -0.2) is 10.2 Å². The topological polar surface area (TPSA) is 48.2 Å². The molecule has 2 aromatic rings. The van der Waals surface area contributed by atoms with E-state index in [0.29, 0.717) is 11.8 Å². The molecule has 0 saturated carbocycles. The molecule has 1 aromatic carbocycles. The zero-order valence-corrected chi connectivity index (χ0v) is 12.2. The van der Waals surface area contributed by atoms with E-state index in [0.717, 1.165) is 10.2 Å². The van der Waals surface area contributed by atoms with E-state index in [2.05, 4.69) is 26.1 Å². The van der Waals surface area contributed by atoms with Crippen LogP contribution in [0, 0.1) is 0 Å². The van der Waals surface area contributed by atoms with Gasteiger partial charge in [0.1, 0.15) is 5.75 Å². The minimum atomic E-state index is -0.140. The van der Waals surface area contributed by atoms with Gasteiger partial charge in [0.15, 0.2) is 6.61 Å². The number of nitrogens with zero attached hydrogens (tertiary/aromatic N) is 2. The molecule has 0 aliphatic carbocycles. The van der Waals surface area contributed by atoms with E-state index in [9.17, 15) is 0 Å². The normalized spacial score (nSPS) is 11.6. The number of hydrogen-bond acceptors (Lipinski definition) is 4. The molecule has 0 saturated heterocycles. The molecule has 5 heteroatoms. The molecular formula is C13H15BrN2O2. The van der Waals surface area contributed by atoms with Crippen molar-refractivity contribution < 1.29 is 9.15 Å². The van der Waals surface area contributed by atoms with Crippen molar-refractivity contribution in [3.8, 4) is 5.75 Å². The predicted molar refractivity (Wildman–Crippen MR) is 71.5 cm³/mol. The van der Waals surface area contributed by atoms with Gasteiger partial charge in [0.05, 0.1) is 4.47 Å². The monoisotopic (exact) mass is 310 g/mol. The van der Waals surface area contributed by atoms with Gasteiger partial charge < -0.3 is 9.15 Å². The average molecular weight is 311 g/mol. The van der Waals surface area contributed by atoms with Gasteiger partial charge in [-0.1, -0.05) is 32.9 Å². The van der Waals surface area contributed by atoms with Gasteiger partial charge in [-0.15, -0.1) is 10.2 Å². The highest BCUT2D eigenvalue weighted by Crippen LogP contribution is 2.25. The van der Waals surface area contributed by atoms with Crippen LogP contribution >= 0.6 is 15.9 Å². The molecule has 0 N–H and O–H groups in total. The Kier molecular flexibility index (Phi) is 3.71. The van der Waals surface area contributed by atoms with Crippen LogP contribution in [0.1, 0.15) is 32.6 Å². The zero-order chi connectivity index (χ0) is 13.2. The Bertz CT molecular complexity index is 532. The first-order chi connectivity index (χ1) is 8.47. The molecule has 0 atom stereocenters. The third kappa shape index (κ3) is 3.10. The van der Waals surface area contributed by atoms with Crippen LogP contribution in [0.15, 0.2) is 33.2 Å². The summed E-state index contributed by atoms with van der Waals surface area (Å²) in [5, 5.41) is 7.98. The summed E-state index contributed by atoms with van der Waals surface area (Å²) < 4.78 is 12.1. The summed E-state index contributed by atoms with van der Waals surface area (Å²) in [7, 11) is 0. The first-order valence-electron chi connectivity index (χ1n) is 5.67. The van der Waals surface area contributed by atoms with Gasteiger partial charge in [0, 0.05) is 5.41 Å². The van der Waals surface area contributed by atoms with Crippen molar-refractivity contribution in [2.24, 2.45) is 0 Å². The van der Waals surface area contributed by atoms with Gasteiger partial charge >= 0.3 is 0 Å². The summed E-state index contributed by atoms with van der Waals surface area (Å²) in [5.41, 5.74) is -0.140. The fourth-order valence-corrected chi connectivity index (χ4v) is 1.72. The maximum absolute atomic E-state index is 5.61. The molecule has 2 rings (SSSR count). The molecule has 0 bridgehead atoms. The number of para-hydroxylation sites is 1. The molecule has 0 fully saturated rings. The van der Waals surface area contributed by atoms with E-state index in [-0.39, 0.29) is 12.0 Å². The first kappa shape index (κ1) is 13.1. The minimum absolute atomic E-state index is 0.140. The van der Waals surface area contributed by atoms with Crippen LogP contribution < -0.4 is 4.74 Å². The molecule has 0 unspecified atom stereocenters. The molecule has 0 aliphatic heterocycles. The lowest BCUT2D eigenvalue weighted by Gasteiger charge is -2.11. The Morgan fingerprint density at radius 3 is 2.56 bits per heavy atom. The second kappa shape index (κ2) is 5.10. The molecule has 4 nitrogen and oxygen atoms in total. The summed E-state index contributed by atoms with van der Waals surface area (Å²) in [6.45, 7) is 6.35. The fraction of sp³-hybridized carbons (Fsp3) is 0.385. The highest BCUT2D eigenvalue weighted by atomic mass is 79.9. The Hall–Kier alpha value is -1.36. The van der Waals surface area contributed by atoms with E-state index < -0.39 is 0 Å². The van der Waals surface area contributed by atoms with Crippen LogP contribution in [0.2, 0.25) is 0 Å². The van der Waals surface area contributed by atoms with Gasteiger partial charge in [0.25, 0.3) is 5.89 Å². The van der Waals surface area contributed by atoms with E-state index in [1.807, 2.05) is 45.0 Å². The summed E-state index contributed by atoms with van der Waals surface area (Å²) in [6.07, 6.45) is 0. The third-order valence-electron chi connectivity index (χ3n) is 2.30. The number of benzene rings is 1. The lowest BCUT2D eigenvalue weighted by Crippen LogP contribution is -2.11. The van der Waals surface area contributed by atoms with Crippen LogP contribution in [0.25, 0.3) is 0 Å². The number of rotatable bonds is 3. The Balaban J connectivity index is 2.03. The summed E-state index contributed by atoms with van der Waals surface area (Å²) in [4.78, 5) is 0. The maximum Gasteiger partial charge on any atom is 0.253 e. The fourth-order valence-electron chi connectivity index (χ4n) is 1.32. The molecule has 96 valence electrons. The summed E-state index contributed by atoms with van der Waals surface area (Å²) in [6, 6.07) is 7.64. The molecule has 0 radical (unpaired) electrons. The van der Waals surface area contributed by atoms with Gasteiger partial charge in [-0.25, -0.2) is 0 Å². The zero-order valence-electron chi connectivity index (χ0n) is 10.6.